The Morgan fingerprint density at radius 3 is 2.35 bits per heavy atom. The summed E-state index contributed by atoms with van der Waals surface area (Å²) in [4.78, 5) is 11.8. The van der Waals surface area contributed by atoms with Crippen molar-refractivity contribution >= 4 is 6.03 Å². The third kappa shape index (κ3) is 6.00. The van der Waals surface area contributed by atoms with Gasteiger partial charge >= 0.3 is 6.03 Å². The van der Waals surface area contributed by atoms with E-state index in [4.69, 9.17) is 4.74 Å². The molecule has 0 saturated heterocycles. The molecule has 0 fully saturated rings. The van der Waals surface area contributed by atoms with E-state index < -0.39 is 6.04 Å². The summed E-state index contributed by atoms with van der Waals surface area (Å²) in [7, 11) is 0. The Bertz CT molecular complexity index is 575. The van der Waals surface area contributed by atoms with Gasteiger partial charge in [-0.1, -0.05) is 48.5 Å². The van der Waals surface area contributed by atoms with E-state index in [1.807, 2.05) is 60.7 Å². The van der Waals surface area contributed by atoms with Crippen LogP contribution in [0.1, 0.15) is 18.0 Å². The SMILES string of the molecule is O=C(NCCCOc1ccccc1)NC(CO)c1ccccc1. The number of benzene rings is 2. The Morgan fingerprint density at radius 1 is 1.04 bits per heavy atom. The van der Waals surface area contributed by atoms with Crippen molar-refractivity contribution < 1.29 is 14.6 Å². The van der Waals surface area contributed by atoms with Gasteiger partial charge in [-0.3, -0.25) is 0 Å². The van der Waals surface area contributed by atoms with Crippen LogP contribution in [0.2, 0.25) is 0 Å². The average Bonchev–Trinajstić information content (AvgIpc) is 2.61. The highest BCUT2D eigenvalue weighted by Crippen LogP contribution is 2.11. The Hall–Kier alpha value is -2.53. The molecule has 2 aromatic rings. The number of urea groups is 1. The number of para-hydroxylation sites is 1. The third-order valence-electron chi connectivity index (χ3n) is 3.31. The fraction of sp³-hybridized carbons (Fsp3) is 0.278. The number of ether oxygens (including phenoxy) is 1. The number of hydrogen-bond donors (Lipinski definition) is 3. The lowest BCUT2D eigenvalue weighted by molar-refractivity contribution is 0.216. The van der Waals surface area contributed by atoms with Gasteiger partial charge in [-0.25, -0.2) is 4.79 Å². The predicted molar refractivity (Wildman–Crippen MR) is 89.4 cm³/mol. The summed E-state index contributed by atoms with van der Waals surface area (Å²) in [5.41, 5.74) is 0.873. The molecule has 0 bridgehead atoms. The number of aliphatic hydroxyl groups excluding tert-OH is 1. The van der Waals surface area contributed by atoms with Crippen molar-refractivity contribution in [2.75, 3.05) is 19.8 Å². The van der Waals surface area contributed by atoms with Crippen LogP contribution < -0.4 is 15.4 Å². The predicted octanol–water partition coefficient (Wildman–Crippen LogP) is 2.49. The van der Waals surface area contributed by atoms with Crippen molar-refractivity contribution in [1.29, 1.82) is 0 Å². The summed E-state index contributed by atoms with van der Waals surface area (Å²) in [5, 5.41) is 14.9. The molecule has 1 atom stereocenters. The smallest absolute Gasteiger partial charge is 0.315 e. The summed E-state index contributed by atoms with van der Waals surface area (Å²) < 4.78 is 5.55. The highest BCUT2D eigenvalue weighted by molar-refractivity contribution is 5.74. The van der Waals surface area contributed by atoms with E-state index in [0.29, 0.717) is 19.6 Å². The molecule has 0 aliphatic rings. The maximum absolute atomic E-state index is 11.8. The van der Waals surface area contributed by atoms with E-state index in [1.54, 1.807) is 0 Å². The van der Waals surface area contributed by atoms with Crippen LogP contribution in [0.4, 0.5) is 4.79 Å². The second kappa shape index (κ2) is 9.48. The number of nitrogens with one attached hydrogen (secondary N) is 2. The van der Waals surface area contributed by atoms with Crippen LogP contribution in [0.15, 0.2) is 60.7 Å². The number of carbonyl (C=O) groups is 1. The van der Waals surface area contributed by atoms with Crippen LogP contribution in [-0.4, -0.2) is 30.9 Å². The van der Waals surface area contributed by atoms with Gasteiger partial charge < -0.3 is 20.5 Å². The molecule has 0 saturated carbocycles. The molecule has 1 unspecified atom stereocenters. The van der Waals surface area contributed by atoms with E-state index in [1.165, 1.54) is 0 Å². The zero-order valence-corrected chi connectivity index (χ0v) is 12.9. The topological polar surface area (TPSA) is 70.6 Å². The van der Waals surface area contributed by atoms with Gasteiger partial charge in [0.25, 0.3) is 0 Å². The van der Waals surface area contributed by atoms with Crippen molar-refractivity contribution in [2.24, 2.45) is 0 Å². The molecular formula is C18H22N2O3. The minimum Gasteiger partial charge on any atom is -0.494 e. The van der Waals surface area contributed by atoms with Crippen LogP contribution >= 0.6 is 0 Å². The summed E-state index contributed by atoms with van der Waals surface area (Å²) in [6, 6.07) is 18.2. The minimum atomic E-state index is -0.406. The highest BCUT2D eigenvalue weighted by atomic mass is 16.5. The standard InChI is InChI=1S/C18H22N2O3/c21-14-17(15-8-3-1-4-9-15)20-18(22)19-12-7-13-23-16-10-5-2-6-11-16/h1-6,8-11,17,21H,7,12-14H2,(H2,19,20,22). The maximum Gasteiger partial charge on any atom is 0.315 e. The number of rotatable bonds is 8. The molecule has 0 heterocycles. The molecule has 5 heteroatoms. The first-order valence-electron chi connectivity index (χ1n) is 7.67. The molecule has 5 nitrogen and oxygen atoms in total. The molecule has 0 aromatic heterocycles. The molecule has 3 N–H and O–H groups in total. The van der Waals surface area contributed by atoms with Gasteiger partial charge in [0, 0.05) is 6.54 Å². The van der Waals surface area contributed by atoms with Crippen molar-refractivity contribution in [3.8, 4) is 5.75 Å². The highest BCUT2D eigenvalue weighted by Gasteiger charge is 2.12. The molecule has 2 rings (SSSR count). The summed E-state index contributed by atoms with van der Waals surface area (Å²) in [5.74, 6) is 0.821. The van der Waals surface area contributed by atoms with E-state index in [2.05, 4.69) is 10.6 Å². The second-order valence-corrected chi connectivity index (χ2v) is 5.06. The lowest BCUT2D eigenvalue weighted by Gasteiger charge is -2.17. The number of hydrogen-bond acceptors (Lipinski definition) is 3. The summed E-state index contributed by atoms with van der Waals surface area (Å²) in [6.45, 7) is 0.895. The molecule has 23 heavy (non-hydrogen) atoms. The zero-order chi connectivity index (χ0) is 16.3. The van der Waals surface area contributed by atoms with Gasteiger partial charge in [-0.15, -0.1) is 0 Å². The molecule has 0 aliphatic heterocycles. The summed E-state index contributed by atoms with van der Waals surface area (Å²) >= 11 is 0. The van der Waals surface area contributed by atoms with Gasteiger partial charge in [0.2, 0.25) is 0 Å². The van der Waals surface area contributed by atoms with Crippen LogP contribution in [0.3, 0.4) is 0 Å². The van der Waals surface area contributed by atoms with Crippen LogP contribution in [0.25, 0.3) is 0 Å². The van der Waals surface area contributed by atoms with Crippen LogP contribution in [0, 0.1) is 0 Å². The Morgan fingerprint density at radius 2 is 1.70 bits per heavy atom. The third-order valence-corrected chi connectivity index (χ3v) is 3.31. The van der Waals surface area contributed by atoms with Crippen molar-refractivity contribution in [2.45, 2.75) is 12.5 Å². The lowest BCUT2D eigenvalue weighted by Crippen LogP contribution is -2.39. The Kier molecular flexibility index (Phi) is 6.94. The van der Waals surface area contributed by atoms with Gasteiger partial charge in [0.15, 0.2) is 0 Å². The molecule has 0 aliphatic carbocycles. The Labute approximate surface area is 136 Å². The minimum absolute atomic E-state index is 0.144. The number of aliphatic hydroxyl groups is 1. The number of amides is 2. The van der Waals surface area contributed by atoms with Gasteiger partial charge in [0.1, 0.15) is 5.75 Å². The molecular weight excluding hydrogens is 292 g/mol. The van der Waals surface area contributed by atoms with Crippen molar-refractivity contribution in [3.63, 3.8) is 0 Å². The molecule has 122 valence electrons. The first-order valence-corrected chi connectivity index (χ1v) is 7.67. The molecule has 0 spiro atoms. The second-order valence-electron chi connectivity index (χ2n) is 5.06. The molecule has 0 radical (unpaired) electrons. The van der Waals surface area contributed by atoms with Crippen molar-refractivity contribution in [3.05, 3.63) is 66.2 Å². The van der Waals surface area contributed by atoms with E-state index in [-0.39, 0.29) is 12.6 Å². The molecule has 2 amide bonds. The maximum atomic E-state index is 11.8. The average molecular weight is 314 g/mol. The largest absolute Gasteiger partial charge is 0.494 e. The monoisotopic (exact) mass is 314 g/mol. The van der Waals surface area contributed by atoms with Crippen LogP contribution in [-0.2, 0) is 0 Å². The first-order chi connectivity index (χ1) is 11.3. The molecule has 2 aromatic carbocycles. The van der Waals surface area contributed by atoms with Gasteiger partial charge in [0.05, 0.1) is 19.3 Å². The fourth-order valence-electron chi connectivity index (χ4n) is 2.11. The van der Waals surface area contributed by atoms with Crippen LogP contribution in [0.5, 0.6) is 5.75 Å². The lowest BCUT2D eigenvalue weighted by atomic mass is 10.1. The Balaban J connectivity index is 1.64. The first kappa shape index (κ1) is 16.8. The van der Waals surface area contributed by atoms with Crippen molar-refractivity contribution in [1.82, 2.24) is 10.6 Å². The van der Waals surface area contributed by atoms with E-state index >= 15 is 0 Å². The van der Waals surface area contributed by atoms with E-state index in [0.717, 1.165) is 11.3 Å². The summed E-state index contributed by atoms with van der Waals surface area (Å²) in [6.07, 6.45) is 0.706. The normalized spacial score (nSPS) is 11.5. The zero-order valence-electron chi connectivity index (χ0n) is 12.9. The quantitative estimate of drug-likeness (QED) is 0.656. The van der Waals surface area contributed by atoms with Gasteiger partial charge in [-0.05, 0) is 24.1 Å². The number of carbonyl (C=O) groups excluding carboxylic acids is 1. The van der Waals surface area contributed by atoms with E-state index in [9.17, 15) is 9.90 Å². The fourth-order valence-corrected chi connectivity index (χ4v) is 2.11. The van der Waals surface area contributed by atoms with Gasteiger partial charge in [-0.2, -0.15) is 0 Å².